The summed E-state index contributed by atoms with van der Waals surface area (Å²) < 4.78 is 0. The highest BCUT2D eigenvalue weighted by Crippen LogP contribution is 1.87. The molecule has 0 aromatic carbocycles. The maximum Gasteiger partial charge on any atom is 0.243 e. The van der Waals surface area contributed by atoms with Gasteiger partial charge in [-0.3, -0.25) is 19.3 Å². The molecule has 0 rings (SSSR count). The third-order valence-corrected chi connectivity index (χ3v) is 2.74. The van der Waals surface area contributed by atoms with Crippen LogP contribution in [0.15, 0.2) is 38.0 Å². The zero-order valence-corrected chi connectivity index (χ0v) is 12.8. The summed E-state index contributed by atoms with van der Waals surface area (Å²) >= 11 is 0. The molecule has 0 atom stereocenters. The average molecular weight is 308 g/mol. The molecule has 0 aliphatic rings. The Hall–Kier alpha value is -2.41. The van der Waals surface area contributed by atoms with E-state index in [1.807, 2.05) is 4.90 Å². The van der Waals surface area contributed by atoms with Crippen LogP contribution in [0.4, 0.5) is 0 Å². The first-order chi connectivity index (χ1) is 10.5. The molecule has 0 unspecified atom stereocenters. The van der Waals surface area contributed by atoms with Crippen molar-refractivity contribution in [2.75, 3.05) is 39.3 Å². The van der Waals surface area contributed by atoms with Crippen molar-refractivity contribution in [2.45, 2.75) is 0 Å². The molecule has 0 aliphatic heterocycles. The number of rotatable bonds is 12. The molecule has 0 bridgehead atoms. The van der Waals surface area contributed by atoms with Gasteiger partial charge in [-0.05, 0) is 18.2 Å². The fourth-order valence-corrected chi connectivity index (χ4v) is 1.56. The van der Waals surface area contributed by atoms with Gasteiger partial charge >= 0.3 is 0 Å². The summed E-state index contributed by atoms with van der Waals surface area (Å²) in [6, 6.07) is 0. The van der Waals surface area contributed by atoms with Crippen molar-refractivity contribution in [1.82, 2.24) is 20.9 Å². The van der Waals surface area contributed by atoms with Crippen LogP contribution < -0.4 is 16.0 Å². The second-order valence-electron chi connectivity index (χ2n) is 4.33. The maximum absolute atomic E-state index is 11.1. The Morgan fingerprint density at radius 1 is 0.682 bits per heavy atom. The van der Waals surface area contributed by atoms with Gasteiger partial charge in [-0.25, -0.2) is 0 Å². The fourth-order valence-electron chi connectivity index (χ4n) is 1.56. The average Bonchev–Trinajstić information content (AvgIpc) is 2.53. The quantitative estimate of drug-likeness (QED) is 0.412. The molecule has 0 fully saturated rings. The summed E-state index contributed by atoms with van der Waals surface area (Å²) in [7, 11) is 0. The van der Waals surface area contributed by atoms with Crippen LogP contribution in [0.5, 0.6) is 0 Å². The number of hydrogen-bond acceptors (Lipinski definition) is 4. The molecule has 3 amide bonds. The van der Waals surface area contributed by atoms with Crippen molar-refractivity contribution in [2.24, 2.45) is 0 Å². The van der Waals surface area contributed by atoms with E-state index in [9.17, 15) is 14.4 Å². The van der Waals surface area contributed by atoms with Gasteiger partial charge in [-0.1, -0.05) is 19.7 Å². The van der Waals surface area contributed by atoms with Crippen molar-refractivity contribution >= 4 is 17.7 Å². The predicted molar refractivity (Wildman–Crippen MR) is 86.1 cm³/mol. The van der Waals surface area contributed by atoms with Crippen molar-refractivity contribution in [1.29, 1.82) is 0 Å². The Kier molecular flexibility index (Phi) is 11.0. The fraction of sp³-hybridized carbons (Fsp3) is 0.400. The number of nitrogens with zero attached hydrogens (tertiary/aromatic N) is 1. The van der Waals surface area contributed by atoms with Crippen LogP contribution in [-0.4, -0.2) is 61.9 Å². The van der Waals surface area contributed by atoms with Crippen LogP contribution in [-0.2, 0) is 14.4 Å². The van der Waals surface area contributed by atoms with Crippen LogP contribution in [0, 0.1) is 0 Å². The van der Waals surface area contributed by atoms with Crippen LogP contribution >= 0.6 is 0 Å². The van der Waals surface area contributed by atoms with Gasteiger partial charge in [-0.2, -0.15) is 0 Å². The van der Waals surface area contributed by atoms with Crippen LogP contribution in [0.2, 0.25) is 0 Å². The van der Waals surface area contributed by atoms with Gasteiger partial charge in [0.15, 0.2) is 0 Å². The Morgan fingerprint density at radius 3 is 1.18 bits per heavy atom. The molecule has 22 heavy (non-hydrogen) atoms. The standard InChI is InChI=1S/C15H24N4O3/c1-4-13(20)16-7-10-19(11-8-17-14(21)5-2)12-9-18-15(22)6-3/h4-6H,1-3,7-12H2,(H,16,20)(H,17,21)(H,18,22). The lowest BCUT2D eigenvalue weighted by Crippen LogP contribution is -2.42. The monoisotopic (exact) mass is 308 g/mol. The molecule has 7 heteroatoms. The van der Waals surface area contributed by atoms with Crippen LogP contribution in [0.3, 0.4) is 0 Å². The van der Waals surface area contributed by atoms with E-state index in [4.69, 9.17) is 0 Å². The molecular weight excluding hydrogens is 284 g/mol. The third kappa shape index (κ3) is 10.4. The van der Waals surface area contributed by atoms with Gasteiger partial charge in [0.1, 0.15) is 0 Å². The van der Waals surface area contributed by atoms with E-state index < -0.39 is 0 Å². The highest BCUT2D eigenvalue weighted by atomic mass is 16.2. The van der Waals surface area contributed by atoms with Crippen molar-refractivity contribution in [3.05, 3.63) is 38.0 Å². The summed E-state index contributed by atoms with van der Waals surface area (Å²) in [5.41, 5.74) is 0. The van der Waals surface area contributed by atoms with E-state index in [1.54, 1.807) is 0 Å². The summed E-state index contributed by atoms with van der Waals surface area (Å²) in [5, 5.41) is 8.03. The highest BCUT2D eigenvalue weighted by Gasteiger charge is 2.06. The van der Waals surface area contributed by atoms with Gasteiger partial charge in [0.2, 0.25) is 17.7 Å². The van der Waals surface area contributed by atoms with E-state index in [2.05, 4.69) is 35.7 Å². The molecule has 122 valence electrons. The zero-order chi connectivity index (χ0) is 16.8. The minimum absolute atomic E-state index is 0.236. The first-order valence-corrected chi connectivity index (χ1v) is 6.96. The maximum atomic E-state index is 11.1. The van der Waals surface area contributed by atoms with E-state index in [-0.39, 0.29) is 17.7 Å². The molecule has 0 heterocycles. The minimum atomic E-state index is -0.236. The normalized spacial score (nSPS) is 9.68. The zero-order valence-electron chi connectivity index (χ0n) is 12.8. The summed E-state index contributed by atoms with van der Waals surface area (Å²) in [4.78, 5) is 35.3. The largest absolute Gasteiger partial charge is 0.351 e. The van der Waals surface area contributed by atoms with E-state index in [0.29, 0.717) is 39.3 Å². The van der Waals surface area contributed by atoms with E-state index >= 15 is 0 Å². The minimum Gasteiger partial charge on any atom is -0.351 e. The van der Waals surface area contributed by atoms with E-state index in [0.717, 1.165) is 0 Å². The molecule has 7 nitrogen and oxygen atoms in total. The lowest BCUT2D eigenvalue weighted by Gasteiger charge is -2.22. The molecule has 0 spiro atoms. The summed E-state index contributed by atoms with van der Waals surface area (Å²) in [5.74, 6) is -0.709. The molecule has 0 saturated carbocycles. The highest BCUT2D eigenvalue weighted by molar-refractivity contribution is 5.87. The van der Waals surface area contributed by atoms with Crippen LogP contribution in [0.25, 0.3) is 0 Å². The number of nitrogens with one attached hydrogen (secondary N) is 3. The number of carbonyl (C=O) groups excluding carboxylic acids is 3. The Labute approximate surface area is 131 Å². The molecular formula is C15H24N4O3. The summed E-state index contributed by atoms with van der Waals surface area (Å²) in [6.07, 6.45) is 3.62. The van der Waals surface area contributed by atoms with Gasteiger partial charge in [0, 0.05) is 39.3 Å². The number of hydrogen-bond donors (Lipinski definition) is 3. The Bertz CT molecular complexity index is 359. The number of carbonyl (C=O) groups is 3. The van der Waals surface area contributed by atoms with Crippen molar-refractivity contribution in [3.63, 3.8) is 0 Å². The molecule has 0 radical (unpaired) electrons. The first kappa shape index (κ1) is 19.6. The van der Waals surface area contributed by atoms with Gasteiger partial charge in [0.05, 0.1) is 0 Å². The SMILES string of the molecule is C=CC(=O)NCCN(CCNC(=O)C=C)CCNC(=O)C=C. The van der Waals surface area contributed by atoms with Crippen LogP contribution in [0.1, 0.15) is 0 Å². The van der Waals surface area contributed by atoms with Gasteiger partial charge < -0.3 is 16.0 Å². The lowest BCUT2D eigenvalue weighted by atomic mass is 10.4. The second kappa shape index (κ2) is 12.3. The van der Waals surface area contributed by atoms with Crippen molar-refractivity contribution < 1.29 is 14.4 Å². The molecule has 0 aromatic rings. The Morgan fingerprint density at radius 2 is 0.955 bits per heavy atom. The molecule has 0 saturated heterocycles. The van der Waals surface area contributed by atoms with Gasteiger partial charge in [0.25, 0.3) is 0 Å². The third-order valence-electron chi connectivity index (χ3n) is 2.74. The molecule has 0 aromatic heterocycles. The topological polar surface area (TPSA) is 90.5 Å². The second-order valence-corrected chi connectivity index (χ2v) is 4.33. The molecule has 3 N–H and O–H groups in total. The summed E-state index contributed by atoms with van der Waals surface area (Å²) in [6.45, 7) is 13.3. The van der Waals surface area contributed by atoms with E-state index in [1.165, 1.54) is 18.2 Å². The van der Waals surface area contributed by atoms with Crippen molar-refractivity contribution in [3.8, 4) is 0 Å². The first-order valence-electron chi connectivity index (χ1n) is 6.96. The lowest BCUT2D eigenvalue weighted by molar-refractivity contribution is -0.117. The number of amides is 3. The predicted octanol–water partition coefficient (Wildman–Crippen LogP) is -0.805. The van der Waals surface area contributed by atoms with Gasteiger partial charge in [-0.15, -0.1) is 0 Å². The smallest absolute Gasteiger partial charge is 0.243 e. The Balaban J connectivity index is 4.16. The molecule has 0 aliphatic carbocycles.